The number of furan rings is 1. The molecule has 9 nitrogen and oxygen atoms in total. The van der Waals surface area contributed by atoms with Gasteiger partial charge in [0.2, 0.25) is 5.91 Å². The van der Waals surface area contributed by atoms with Crippen LogP contribution in [-0.4, -0.2) is 35.8 Å². The lowest BCUT2D eigenvalue weighted by Crippen LogP contribution is -2.50. The van der Waals surface area contributed by atoms with Crippen molar-refractivity contribution in [2.24, 2.45) is 5.92 Å². The lowest BCUT2D eigenvalue weighted by molar-refractivity contribution is -0.127. The largest absolute Gasteiger partial charge is 0.486 e. The zero-order valence-electron chi connectivity index (χ0n) is 18.5. The molecule has 2 heterocycles. The molecular weight excluding hydrogens is 436 g/mol. The number of rotatable bonds is 6. The molecule has 0 unspecified atom stereocenters. The van der Waals surface area contributed by atoms with Crippen molar-refractivity contribution in [3.63, 3.8) is 0 Å². The van der Waals surface area contributed by atoms with Crippen LogP contribution in [0.2, 0.25) is 0 Å². The van der Waals surface area contributed by atoms with Crippen LogP contribution >= 0.6 is 0 Å². The Morgan fingerprint density at radius 3 is 2.44 bits per heavy atom. The van der Waals surface area contributed by atoms with E-state index in [1.807, 2.05) is 48.5 Å². The molecule has 176 valence electrons. The van der Waals surface area contributed by atoms with E-state index < -0.39 is 11.8 Å². The van der Waals surface area contributed by atoms with Crippen LogP contribution in [0.25, 0.3) is 0 Å². The summed E-state index contributed by atoms with van der Waals surface area (Å²) < 4.78 is 11.1. The fourth-order valence-electron chi connectivity index (χ4n) is 3.63. The smallest absolute Gasteiger partial charge is 0.321 e. The number of ether oxygens (including phenoxy) is 1. The van der Waals surface area contributed by atoms with Crippen molar-refractivity contribution in [1.29, 1.82) is 0 Å². The van der Waals surface area contributed by atoms with Crippen LogP contribution < -0.4 is 20.9 Å². The first-order valence-electron chi connectivity index (χ1n) is 11.1. The van der Waals surface area contributed by atoms with Crippen LogP contribution in [0.5, 0.6) is 5.75 Å². The maximum atomic E-state index is 12.6. The number of urea groups is 1. The number of hydrogen-bond donors (Lipinski definition) is 3. The Balaban J connectivity index is 1.23. The molecule has 1 atom stereocenters. The molecule has 2 aromatic carbocycles. The first kappa shape index (κ1) is 22.9. The normalized spacial score (nSPS) is 15.3. The second-order valence-electron chi connectivity index (χ2n) is 7.89. The molecule has 3 aromatic rings. The van der Waals surface area contributed by atoms with Gasteiger partial charge < -0.3 is 19.4 Å². The SMILES string of the molecule is O=C(NNC(=O)[C@@H]1CCCN(C(=O)Nc2ccccc2)C1)c1ccc(COc2ccccc2)o1. The van der Waals surface area contributed by atoms with Gasteiger partial charge in [0.1, 0.15) is 18.1 Å². The highest BCUT2D eigenvalue weighted by Crippen LogP contribution is 2.18. The van der Waals surface area contributed by atoms with Gasteiger partial charge in [-0.1, -0.05) is 36.4 Å². The number of hydrogen-bond acceptors (Lipinski definition) is 5. The highest BCUT2D eigenvalue weighted by molar-refractivity contribution is 5.93. The molecule has 0 bridgehead atoms. The fourth-order valence-corrected chi connectivity index (χ4v) is 3.63. The van der Waals surface area contributed by atoms with Crippen molar-refractivity contribution in [1.82, 2.24) is 15.8 Å². The third-order valence-corrected chi connectivity index (χ3v) is 5.41. The summed E-state index contributed by atoms with van der Waals surface area (Å²) in [5, 5.41) is 2.83. The summed E-state index contributed by atoms with van der Waals surface area (Å²) >= 11 is 0. The second-order valence-corrected chi connectivity index (χ2v) is 7.89. The van der Waals surface area contributed by atoms with Crippen LogP contribution in [0.15, 0.2) is 77.2 Å². The molecule has 0 aliphatic carbocycles. The number of nitrogens with zero attached hydrogens (tertiary/aromatic N) is 1. The monoisotopic (exact) mass is 462 g/mol. The molecule has 0 saturated carbocycles. The zero-order valence-corrected chi connectivity index (χ0v) is 18.5. The molecule has 1 saturated heterocycles. The summed E-state index contributed by atoms with van der Waals surface area (Å²) in [6.45, 7) is 1.00. The van der Waals surface area contributed by atoms with Crippen LogP contribution in [0.4, 0.5) is 10.5 Å². The average Bonchev–Trinajstić information content (AvgIpc) is 3.36. The molecule has 0 spiro atoms. The summed E-state index contributed by atoms with van der Waals surface area (Å²) in [7, 11) is 0. The number of amides is 4. The number of carbonyl (C=O) groups excluding carboxylic acids is 3. The summed E-state index contributed by atoms with van der Waals surface area (Å²) in [5.74, 6) is -0.135. The van der Waals surface area contributed by atoms with E-state index in [2.05, 4.69) is 16.2 Å². The van der Waals surface area contributed by atoms with Crippen molar-refractivity contribution in [2.45, 2.75) is 19.4 Å². The molecule has 1 aliphatic heterocycles. The number of benzene rings is 2. The minimum absolute atomic E-state index is 0.0551. The van der Waals surface area contributed by atoms with Gasteiger partial charge in [-0.2, -0.15) is 0 Å². The van der Waals surface area contributed by atoms with Crippen LogP contribution in [0.1, 0.15) is 29.2 Å². The molecular formula is C25H26N4O5. The van der Waals surface area contributed by atoms with E-state index in [1.54, 1.807) is 23.1 Å². The van der Waals surface area contributed by atoms with E-state index in [4.69, 9.17) is 9.15 Å². The number of carbonyl (C=O) groups is 3. The zero-order chi connectivity index (χ0) is 23.8. The Labute approximate surface area is 197 Å². The molecule has 4 rings (SSSR count). The van der Waals surface area contributed by atoms with Gasteiger partial charge in [0.25, 0.3) is 0 Å². The maximum Gasteiger partial charge on any atom is 0.321 e. The standard InChI is InChI=1S/C25H26N4O5/c30-23(18-8-7-15-29(16-18)25(32)26-19-9-3-1-4-10-19)27-28-24(31)22-14-13-21(34-22)17-33-20-11-5-2-6-12-20/h1-6,9-14,18H,7-8,15-17H2,(H,26,32)(H,27,30)(H,28,31)/t18-/m1/s1. The molecule has 3 N–H and O–H groups in total. The van der Waals surface area contributed by atoms with Gasteiger partial charge >= 0.3 is 11.9 Å². The quantitative estimate of drug-likeness (QED) is 0.485. The molecule has 1 aliphatic rings. The van der Waals surface area contributed by atoms with E-state index in [1.165, 1.54) is 6.07 Å². The van der Waals surface area contributed by atoms with Gasteiger partial charge in [0.05, 0.1) is 5.92 Å². The first-order chi connectivity index (χ1) is 16.6. The predicted molar refractivity (Wildman–Crippen MR) is 125 cm³/mol. The highest BCUT2D eigenvalue weighted by atomic mass is 16.5. The van der Waals surface area contributed by atoms with Crippen molar-refractivity contribution in [3.8, 4) is 5.75 Å². The summed E-state index contributed by atoms with van der Waals surface area (Å²) in [5.41, 5.74) is 5.51. The number of hydrazine groups is 1. The summed E-state index contributed by atoms with van der Waals surface area (Å²) in [4.78, 5) is 39.1. The van der Waals surface area contributed by atoms with E-state index in [9.17, 15) is 14.4 Å². The third-order valence-electron chi connectivity index (χ3n) is 5.41. The van der Waals surface area contributed by atoms with Crippen LogP contribution in [0, 0.1) is 5.92 Å². The second kappa shape index (κ2) is 11.0. The van der Waals surface area contributed by atoms with Gasteiger partial charge in [0, 0.05) is 18.8 Å². The fraction of sp³-hybridized carbons (Fsp3) is 0.240. The number of nitrogens with one attached hydrogen (secondary N) is 3. The van der Waals surface area contributed by atoms with Crippen molar-refractivity contribution >= 4 is 23.5 Å². The highest BCUT2D eigenvalue weighted by Gasteiger charge is 2.29. The molecule has 1 aromatic heterocycles. The van der Waals surface area contributed by atoms with Crippen molar-refractivity contribution in [2.75, 3.05) is 18.4 Å². The Hall–Kier alpha value is -4.27. The first-order valence-corrected chi connectivity index (χ1v) is 11.1. The number of para-hydroxylation sites is 2. The van der Waals surface area contributed by atoms with Crippen molar-refractivity contribution < 1.29 is 23.5 Å². The lowest BCUT2D eigenvalue weighted by atomic mass is 9.98. The Kier molecular flexibility index (Phi) is 7.44. The number of piperidine rings is 1. The average molecular weight is 463 g/mol. The van der Waals surface area contributed by atoms with E-state index in [0.29, 0.717) is 36.6 Å². The van der Waals surface area contributed by atoms with Crippen LogP contribution in [-0.2, 0) is 11.4 Å². The summed E-state index contributed by atoms with van der Waals surface area (Å²) in [6, 6.07) is 21.3. The molecule has 4 amide bonds. The van der Waals surface area contributed by atoms with Crippen LogP contribution in [0.3, 0.4) is 0 Å². The number of likely N-dealkylation sites (tertiary alicyclic amines) is 1. The lowest BCUT2D eigenvalue weighted by Gasteiger charge is -2.32. The molecule has 1 fully saturated rings. The van der Waals surface area contributed by atoms with E-state index in [-0.39, 0.29) is 30.9 Å². The molecule has 0 radical (unpaired) electrons. The molecule has 34 heavy (non-hydrogen) atoms. The van der Waals surface area contributed by atoms with E-state index >= 15 is 0 Å². The van der Waals surface area contributed by atoms with Crippen molar-refractivity contribution in [3.05, 3.63) is 84.3 Å². The Morgan fingerprint density at radius 2 is 1.68 bits per heavy atom. The Bertz CT molecular complexity index is 1120. The van der Waals surface area contributed by atoms with Gasteiger partial charge in [-0.3, -0.25) is 20.4 Å². The van der Waals surface area contributed by atoms with Gasteiger partial charge in [-0.05, 0) is 49.2 Å². The predicted octanol–water partition coefficient (Wildman–Crippen LogP) is 3.56. The minimum Gasteiger partial charge on any atom is -0.486 e. The third kappa shape index (κ3) is 6.16. The summed E-state index contributed by atoms with van der Waals surface area (Å²) in [6.07, 6.45) is 1.32. The van der Waals surface area contributed by atoms with E-state index in [0.717, 1.165) is 0 Å². The Morgan fingerprint density at radius 1 is 0.941 bits per heavy atom. The minimum atomic E-state index is -0.575. The maximum absolute atomic E-state index is 12.6. The molecule has 9 heteroatoms. The van der Waals surface area contributed by atoms with Gasteiger partial charge in [-0.25, -0.2) is 4.79 Å². The topological polar surface area (TPSA) is 113 Å². The number of anilines is 1. The van der Waals surface area contributed by atoms with Gasteiger partial charge in [-0.15, -0.1) is 0 Å². The van der Waals surface area contributed by atoms with Gasteiger partial charge in [0.15, 0.2) is 5.76 Å².